The smallest absolute Gasteiger partial charge is 0.116 e. The van der Waals surface area contributed by atoms with Gasteiger partial charge in [-0.05, 0) is 31.0 Å². The highest BCUT2D eigenvalue weighted by Crippen LogP contribution is 2.16. The topological polar surface area (TPSA) is 64.2 Å². The molecule has 0 aliphatic rings. The van der Waals surface area contributed by atoms with Crippen LogP contribution < -0.4 is 5.73 Å². The quantitative estimate of drug-likeness (QED) is 0.660. The zero-order valence-corrected chi connectivity index (χ0v) is 10.8. The van der Waals surface area contributed by atoms with Crippen molar-refractivity contribution in [1.82, 2.24) is 9.97 Å². The van der Waals surface area contributed by atoms with E-state index in [1.54, 1.807) is 6.33 Å². The fraction of sp³-hybridized carbons (Fsp3) is 0.357. The minimum atomic E-state index is 0.718. The summed E-state index contributed by atoms with van der Waals surface area (Å²) in [7, 11) is 0. The van der Waals surface area contributed by atoms with Crippen molar-refractivity contribution in [3.8, 4) is 0 Å². The number of nitrogens with two attached hydrogens (primary N) is 1. The van der Waals surface area contributed by atoms with Gasteiger partial charge in [-0.2, -0.15) is 0 Å². The van der Waals surface area contributed by atoms with Gasteiger partial charge in [0.05, 0.1) is 11.4 Å². The number of nitrogens with zero attached hydrogens (tertiary/aromatic N) is 3. The van der Waals surface area contributed by atoms with E-state index in [9.17, 15) is 0 Å². The molecular formula is C14H18N4. The lowest BCUT2D eigenvalue weighted by Crippen LogP contribution is -2.10. The van der Waals surface area contributed by atoms with E-state index >= 15 is 0 Å². The number of aliphatic imine (C=N–C) groups is 1. The highest BCUT2D eigenvalue weighted by atomic mass is 14.8. The number of aromatic nitrogens is 2. The van der Waals surface area contributed by atoms with Crippen molar-refractivity contribution in [2.24, 2.45) is 10.7 Å². The van der Waals surface area contributed by atoms with Crippen LogP contribution in [0.4, 0.5) is 0 Å². The van der Waals surface area contributed by atoms with Gasteiger partial charge < -0.3 is 5.73 Å². The van der Waals surface area contributed by atoms with Crippen molar-refractivity contribution in [2.45, 2.75) is 26.7 Å². The Kier molecular flexibility index (Phi) is 3.87. The summed E-state index contributed by atoms with van der Waals surface area (Å²) in [4.78, 5) is 12.8. The molecule has 0 radical (unpaired) electrons. The van der Waals surface area contributed by atoms with E-state index < -0.39 is 0 Å². The van der Waals surface area contributed by atoms with Crippen LogP contribution in [0.2, 0.25) is 0 Å². The van der Waals surface area contributed by atoms with Crippen LogP contribution in [0.3, 0.4) is 0 Å². The number of amidine groups is 1. The van der Waals surface area contributed by atoms with Crippen molar-refractivity contribution in [1.29, 1.82) is 0 Å². The number of rotatable bonds is 4. The molecule has 0 saturated heterocycles. The van der Waals surface area contributed by atoms with Gasteiger partial charge in [-0.25, -0.2) is 9.97 Å². The van der Waals surface area contributed by atoms with E-state index in [4.69, 9.17) is 5.73 Å². The van der Waals surface area contributed by atoms with E-state index in [1.807, 2.05) is 19.9 Å². The lowest BCUT2D eigenvalue weighted by atomic mass is 10.1. The van der Waals surface area contributed by atoms with Crippen LogP contribution in [-0.4, -0.2) is 22.3 Å². The summed E-state index contributed by atoms with van der Waals surface area (Å²) in [6, 6.07) is 6.26. The molecule has 0 unspecified atom stereocenters. The van der Waals surface area contributed by atoms with Gasteiger partial charge in [0.1, 0.15) is 6.33 Å². The molecule has 4 nitrogen and oxygen atoms in total. The molecule has 94 valence electrons. The molecule has 2 rings (SSSR count). The van der Waals surface area contributed by atoms with Gasteiger partial charge in [0.15, 0.2) is 0 Å². The zero-order valence-electron chi connectivity index (χ0n) is 10.8. The standard InChI is InChI=1S/C14H18N4/c1-3-14(15)16-7-6-11-4-5-13-12(8-11)10(2)17-9-18-13/h4-5,8-9H,3,6-7H2,1-2H3,(H2,15,16). The Morgan fingerprint density at radius 2 is 2.17 bits per heavy atom. The zero-order chi connectivity index (χ0) is 13.0. The molecule has 0 bridgehead atoms. The predicted octanol–water partition coefficient (Wildman–Crippen LogP) is 2.25. The van der Waals surface area contributed by atoms with E-state index in [2.05, 4.69) is 27.1 Å². The normalized spacial score (nSPS) is 12.0. The van der Waals surface area contributed by atoms with E-state index in [-0.39, 0.29) is 0 Å². The highest BCUT2D eigenvalue weighted by molar-refractivity contribution is 5.81. The van der Waals surface area contributed by atoms with Gasteiger partial charge >= 0.3 is 0 Å². The SMILES string of the molecule is CC/C(N)=N\CCc1ccc2ncnc(C)c2c1. The Bertz CT molecular complexity index is 575. The van der Waals surface area contributed by atoms with Crippen LogP contribution in [0.5, 0.6) is 0 Å². The molecule has 0 aliphatic carbocycles. The number of benzene rings is 1. The van der Waals surface area contributed by atoms with Crippen molar-refractivity contribution in [3.63, 3.8) is 0 Å². The summed E-state index contributed by atoms with van der Waals surface area (Å²) in [5.41, 5.74) is 8.93. The predicted molar refractivity (Wildman–Crippen MR) is 74.8 cm³/mol. The fourth-order valence-corrected chi connectivity index (χ4v) is 1.83. The Labute approximate surface area is 107 Å². The molecule has 0 atom stereocenters. The van der Waals surface area contributed by atoms with Crippen LogP contribution in [-0.2, 0) is 6.42 Å². The van der Waals surface area contributed by atoms with Gasteiger partial charge in [0.25, 0.3) is 0 Å². The number of hydrogen-bond donors (Lipinski definition) is 1. The van der Waals surface area contributed by atoms with Crippen molar-refractivity contribution in [3.05, 3.63) is 35.8 Å². The molecule has 1 heterocycles. The van der Waals surface area contributed by atoms with Gasteiger partial charge in [-0.15, -0.1) is 0 Å². The first kappa shape index (κ1) is 12.5. The second kappa shape index (κ2) is 5.58. The maximum Gasteiger partial charge on any atom is 0.116 e. The van der Waals surface area contributed by atoms with E-state index in [0.717, 1.165) is 41.8 Å². The van der Waals surface area contributed by atoms with Gasteiger partial charge in [0.2, 0.25) is 0 Å². The molecule has 1 aromatic carbocycles. The van der Waals surface area contributed by atoms with Crippen molar-refractivity contribution < 1.29 is 0 Å². The van der Waals surface area contributed by atoms with Crippen LogP contribution in [0.15, 0.2) is 29.5 Å². The first-order valence-electron chi connectivity index (χ1n) is 6.19. The average molecular weight is 242 g/mol. The minimum Gasteiger partial charge on any atom is -0.387 e. The lowest BCUT2D eigenvalue weighted by molar-refractivity contribution is 0.957. The summed E-state index contributed by atoms with van der Waals surface area (Å²) in [6.07, 6.45) is 3.30. The summed E-state index contributed by atoms with van der Waals surface area (Å²) in [5, 5.41) is 1.11. The second-order valence-electron chi connectivity index (χ2n) is 4.29. The molecule has 0 fully saturated rings. The highest BCUT2D eigenvalue weighted by Gasteiger charge is 2.01. The molecular weight excluding hydrogens is 224 g/mol. The van der Waals surface area contributed by atoms with Gasteiger partial charge in [-0.3, -0.25) is 4.99 Å². The maximum atomic E-state index is 5.68. The van der Waals surface area contributed by atoms with E-state index in [1.165, 1.54) is 5.56 Å². The summed E-state index contributed by atoms with van der Waals surface area (Å²) >= 11 is 0. The summed E-state index contributed by atoms with van der Waals surface area (Å²) < 4.78 is 0. The van der Waals surface area contributed by atoms with Crippen LogP contribution in [0.25, 0.3) is 10.9 Å². The van der Waals surface area contributed by atoms with Gasteiger partial charge in [-0.1, -0.05) is 13.0 Å². The van der Waals surface area contributed by atoms with E-state index in [0.29, 0.717) is 0 Å². The first-order chi connectivity index (χ1) is 8.70. The molecule has 18 heavy (non-hydrogen) atoms. The Hall–Kier alpha value is -1.97. The Morgan fingerprint density at radius 1 is 1.33 bits per heavy atom. The van der Waals surface area contributed by atoms with Crippen LogP contribution in [0, 0.1) is 6.92 Å². The first-order valence-corrected chi connectivity index (χ1v) is 6.19. The number of fused-ring (bicyclic) bond motifs is 1. The minimum absolute atomic E-state index is 0.718. The molecule has 1 aromatic heterocycles. The van der Waals surface area contributed by atoms with Crippen LogP contribution in [0.1, 0.15) is 24.6 Å². The molecule has 2 aromatic rings. The van der Waals surface area contributed by atoms with Crippen LogP contribution >= 0.6 is 0 Å². The summed E-state index contributed by atoms with van der Waals surface area (Å²) in [5.74, 6) is 0.718. The fourth-order valence-electron chi connectivity index (χ4n) is 1.83. The number of hydrogen-bond acceptors (Lipinski definition) is 3. The average Bonchev–Trinajstić information content (AvgIpc) is 2.39. The number of aryl methyl sites for hydroxylation is 1. The molecule has 0 spiro atoms. The lowest BCUT2D eigenvalue weighted by Gasteiger charge is -2.04. The molecule has 2 N–H and O–H groups in total. The Morgan fingerprint density at radius 3 is 2.94 bits per heavy atom. The Balaban J connectivity index is 2.17. The molecule has 0 saturated carbocycles. The third-order valence-corrected chi connectivity index (χ3v) is 2.98. The summed E-state index contributed by atoms with van der Waals surface area (Å²) in [6.45, 7) is 4.74. The molecule has 0 aliphatic heterocycles. The van der Waals surface area contributed by atoms with Crippen molar-refractivity contribution >= 4 is 16.7 Å². The molecule has 0 amide bonds. The monoisotopic (exact) mass is 242 g/mol. The second-order valence-corrected chi connectivity index (χ2v) is 4.29. The van der Waals surface area contributed by atoms with Crippen molar-refractivity contribution in [2.75, 3.05) is 6.54 Å². The maximum absolute atomic E-state index is 5.68. The largest absolute Gasteiger partial charge is 0.387 e. The third-order valence-electron chi connectivity index (χ3n) is 2.98. The molecule has 4 heteroatoms. The third kappa shape index (κ3) is 2.83. The van der Waals surface area contributed by atoms with Gasteiger partial charge in [0, 0.05) is 24.0 Å².